The van der Waals surface area contributed by atoms with E-state index in [9.17, 15) is 0 Å². The normalized spacial score (nSPS) is 15.6. The first kappa shape index (κ1) is 10.5. The van der Waals surface area contributed by atoms with Crippen molar-refractivity contribution in [3.05, 3.63) is 29.3 Å². The van der Waals surface area contributed by atoms with Crippen LogP contribution in [-0.2, 0) is 12.8 Å². The van der Waals surface area contributed by atoms with Gasteiger partial charge in [0.25, 0.3) is 0 Å². The van der Waals surface area contributed by atoms with Gasteiger partial charge in [0.15, 0.2) is 0 Å². The molecule has 1 aliphatic rings. The lowest BCUT2D eigenvalue weighted by Crippen LogP contribution is -2.12. The highest BCUT2D eigenvalue weighted by molar-refractivity contribution is 5.58. The summed E-state index contributed by atoms with van der Waals surface area (Å²) in [6.45, 7) is 8.07. The van der Waals surface area contributed by atoms with E-state index in [1.54, 1.807) is 0 Å². The molecule has 0 aromatic heterocycles. The molecule has 0 spiro atoms. The van der Waals surface area contributed by atoms with Crippen molar-refractivity contribution >= 4 is 5.69 Å². The summed E-state index contributed by atoms with van der Waals surface area (Å²) in [5.74, 6) is 0. The van der Waals surface area contributed by atoms with E-state index in [2.05, 4.69) is 50.9 Å². The van der Waals surface area contributed by atoms with Gasteiger partial charge in [0, 0.05) is 19.3 Å². The van der Waals surface area contributed by atoms with Crippen molar-refractivity contribution < 1.29 is 0 Å². The first-order valence-corrected chi connectivity index (χ1v) is 5.79. The van der Waals surface area contributed by atoms with Crippen molar-refractivity contribution in [2.45, 2.75) is 33.6 Å². The zero-order chi connectivity index (χ0) is 11.1. The van der Waals surface area contributed by atoms with Crippen LogP contribution in [-0.4, -0.2) is 13.6 Å². The van der Waals surface area contributed by atoms with Crippen molar-refractivity contribution in [3.8, 4) is 0 Å². The van der Waals surface area contributed by atoms with Crippen molar-refractivity contribution in [2.75, 3.05) is 18.5 Å². The van der Waals surface area contributed by atoms with Gasteiger partial charge in [-0.2, -0.15) is 0 Å². The standard InChI is InChI=1S/C14H21N/c1-14(2,3)10-11-5-6-13-12(9-11)7-8-15(13)4/h5-6,9H,7-8,10H2,1-4H3. The molecule has 0 atom stereocenters. The van der Waals surface area contributed by atoms with E-state index < -0.39 is 0 Å². The van der Waals surface area contributed by atoms with Crippen LogP contribution in [0, 0.1) is 5.41 Å². The molecule has 2 rings (SSSR count). The second-order valence-corrected chi connectivity index (χ2v) is 5.87. The van der Waals surface area contributed by atoms with Crippen LogP contribution in [0.15, 0.2) is 18.2 Å². The largest absolute Gasteiger partial charge is 0.374 e. The van der Waals surface area contributed by atoms with Gasteiger partial charge in [-0.25, -0.2) is 0 Å². The topological polar surface area (TPSA) is 3.24 Å². The van der Waals surface area contributed by atoms with Crippen molar-refractivity contribution in [2.24, 2.45) is 5.41 Å². The number of benzene rings is 1. The second-order valence-electron chi connectivity index (χ2n) is 5.87. The summed E-state index contributed by atoms with van der Waals surface area (Å²) >= 11 is 0. The second kappa shape index (κ2) is 3.55. The lowest BCUT2D eigenvalue weighted by atomic mass is 9.87. The number of rotatable bonds is 1. The Morgan fingerprint density at radius 1 is 1.27 bits per heavy atom. The van der Waals surface area contributed by atoms with Gasteiger partial charge in [-0.15, -0.1) is 0 Å². The fraction of sp³-hybridized carbons (Fsp3) is 0.571. The van der Waals surface area contributed by atoms with E-state index in [0.717, 1.165) is 0 Å². The van der Waals surface area contributed by atoms with Gasteiger partial charge in [0.05, 0.1) is 0 Å². The number of anilines is 1. The Labute approximate surface area is 93.1 Å². The lowest BCUT2D eigenvalue weighted by Gasteiger charge is -2.19. The highest BCUT2D eigenvalue weighted by atomic mass is 15.1. The Morgan fingerprint density at radius 2 is 2.00 bits per heavy atom. The Morgan fingerprint density at radius 3 is 2.67 bits per heavy atom. The molecule has 0 radical (unpaired) electrons. The molecule has 15 heavy (non-hydrogen) atoms. The van der Waals surface area contributed by atoms with Crippen LogP contribution in [0.3, 0.4) is 0 Å². The maximum absolute atomic E-state index is 2.39. The minimum Gasteiger partial charge on any atom is -0.374 e. The van der Waals surface area contributed by atoms with Gasteiger partial charge < -0.3 is 4.90 Å². The molecule has 0 fully saturated rings. The summed E-state index contributed by atoms with van der Waals surface area (Å²) in [5.41, 5.74) is 4.82. The van der Waals surface area contributed by atoms with Crippen molar-refractivity contribution in [1.29, 1.82) is 0 Å². The van der Waals surface area contributed by atoms with E-state index in [1.165, 1.54) is 36.2 Å². The van der Waals surface area contributed by atoms with Crippen molar-refractivity contribution in [3.63, 3.8) is 0 Å². The molecule has 0 N–H and O–H groups in total. The van der Waals surface area contributed by atoms with Crippen LogP contribution in [0.4, 0.5) is 5.69 Å². The summed E-state index contributed by atoms with van der Waals surface area (Å²) in [7, 11) is 2.18. The number of hydrogen-bond donors (Lipinski definition) is 0. The van der Waals surface area contributed by atoms with E-state index in [4.69, 9.17) is 0 Å². The maximum Gasteiger partial charge on any atom is 0.0397 e. The first-order chi connectivity index (χ1) is 6.96. The molecular weight excluding hydrogens is 182 g/mol. The molecule has 0 amide bonds. The highest BCUT2D eigenvalue weighted by Gasteiger charge is 2.17. The summed E-state index contributed by atoms with van der Waals surface area (Å²) in [4.78, 5) is 2.34. The van der Waals surface area contributed by atoms with Crippen LogP contribution in [0.5, 0.6) is 0 Å². The molecule has 1 aromatic carbocycles. The number of nitrogens with zero attached hydrogens (tertiary/aromatic N) is 1. The van der Waals surface area contributed by atoms with E-state index >= 15 is 0 Å². The third-order valence-electron chi connectivity index (χ3n) is 3.01. The predicted octanol–water partition coefficient (Wildman–Crippen LogP) is 3.27. The molecule has 1 nitrogen and oxygen atoms in total. The Hall–Kier alpha value is -0.980. The van der Waals surface area contributed by atoms with Gasteiger partial charge in [0.1, 0.15) is 0 Å². The molecule has 1 heteroatoms. The fourth-order valence-electron chi connectivity index (χ4n) is 2.34. The van der Waals surface area contributed by atoms with Gasteiger partial charge in [-0.3, -0.25) is 0 Å². The third-order valence-corrected chi connectivity index (χ3v) is 3.01. The molecule has 0 saturated carbocycles. The summed E-state index contributed by atoms with van der Waals surface area (Å²) in [6, 6.07) is 6.96. The summed E-state index contributed by atoms with van der Waals surface area (Å²) in [6.07, 6.45) is 2.38. The zero-order valence-electron chi connectivity index (χ0n) is 10.3. The number of likely N-dealkylation sites (N-methyl/N-ethyl adjacent to an activating group) is 1. The van der Waals surface area contributed by atoms with Gasteiger partial charge >= 0.3 is 0 Å². The average molecular weight is 203 g/mol. The highest BCUT2D eigenvalue weighted by Crippen LogP contribution is 2.29. The smallest absolute Gasteiger partial charge is 0.0397 e. The average Bonchev–Trinajstić information content (AvgIpc) is 2.45. The SMILES string of the molecule is CN1CCc2cc(CC(C)(C)C)ccc21. The molecule has 82 valence electrons. The van der Waals surface area contributed by atoms with Crippen LogP contribution >= 0.6 is 0 Å². The number of fused-ring (bicyclic) bond motifs is 1. The van der Waals surface area contributed by atoms with E-state index in [1.807, 2.05) is 0 Å². The van der Waals surface area contributed by atoms with Gasteiger partial charge in [-0.1, -0.05) is 32.9 Å². The maximum atomic E-state index is 2.39. The minimum atomic E-state index is 0.388. The Balaban J connectivity index is 2.24. The van der Waals surface area contributed by atoms with Crippen LogP contribution < -0.4 is 4.90 Å². The molecule has 0 bridgehead atoms. The predicted molar refractivity (Wildman–Crippen MR) is 66.6 cm³/mol. The van der Waals surface area contributed by atoms with Gasteiger partial charge in [-0.05, 0) is 35.4 Å². The lowest BCUT2D eigenvalue weighted by molar-refractivity contribution is 0.411. The molecule has 0 saturated heterocycles. The summed E-state index contributed by atoms with van der Waals surface area (Å²) < 4.78 is 0. The molecular formula is C14H21N. The Bertz CT molecular complexity index is 360. The molecule has 1 aliphatic heterocycles. The third kappa shape index (κ3) is 2.34. The number of hydrogen-bond acceptors (Lipinski definition) is 1. The summed E-state index contributed by atoms with van der Waals surface area (Å²) in [5, 5.41) is 0. The first-order valence-electron chi connectivity index (χ1n) is 5.79. The molecule has 1 heterocycles. The molecule has 0 aliphatic carbocycles. The fourth-order valence-corrected chi connectivity index (χ4v) is 2.34. The van der Waals surface area contributed by atoms with Gasteiger partial charge in [0.2, 0.25) is 0 Å². The molecule has 0 unspecified atom stereocenters. The van der Waals surface area contributed by atoms with Crippen LogP contribution in [0.2, 0.25) is 0 Å². The van der Waals surface area contributed by atoms with Crippen LogP contribution in [0.25, 0.3) is 0 Å². The van der Waals surface area contributed by atoms with E-state index in [-0.39, 0.29) is 0 Å². The monoisotopic (exact) mass is 203 g/mol. The van der Waals surface area contributed by atoms with Crippen LogP contribution in [0.1, 0.15) is 31.9 Å². The zero-order valence-corrected chi connectivity index (χ0v) is 10.3. The molecule has 1 aromatic rings. The Kier molecular flexibility index (Phi) is 2.49. The minimum absolute atomic E-state index is 0.388. The quantitative estimate of drug-likeness (QED) is 0.677. The van der Waals surface area contributed by atoms with Crippen molar-refractivity contribution in [1.82, 2.24) is 0 Å². The van der Waals surface area contributed by atoms with E-state index in [0.29, 0.717) is 5.41 Å².